The molecule has 0 N–H and O–H groups in total. The summed E-state index contributed by atoms with van der Waals surface area (Å²) in [7, 11) is 1.09. The Morgan fingerprint density at radius 1 is 0.423 bits per heavy atom. The van der Waals surface area contributed by atoms with Crippen molar-refractivity contribution in [3.05, 3.63) is 109 Å². The Hall–Kier alpha value is -3.10. The van der Waals surface area contributed by atoms with E-state index < -0.39 is 0 Å². The Morgan fingerprint density at radius 2 is 0.808 bits per heavy atom. The van der Waals surface area contributed by atoms with Crippen LogP contribution in [0.15, 0.2) is 109 Å². The van der Waals surface area contributed by atoms with Crippen LogP contribution in [0.4, 0.5) is 17.1 Å². The van der Waals surface area contributed by atoms with Crippen LogP contribution in [0.3, 0.4) is 0 Å². The summed E-state index contributed by atoms with van der Waals surface area (Å²) in [6.07, 6.45) is 0. The predicted octanol–water partition coefficient (Wildman–Crippen LogP) is 4.81. The average molecular weight is 352 g/mol. The zero-order valence-electron chi connectivity index (χ0n) is 14.8. The molecule has 0 heterocycles. The molecular formula is C24H21NSi. The van der Waals surface area contributed by atoms with Crippen LogP contribution in [0.2, 0.25) is 0 Å². The molecule has 0 radical (unpaired) electrons. The molecule has 0 atom stereocenters. The predicted molar refractivity (Wildman–Crippen MR) is 116 cm³/mol. The van der Waals surface area contributed by atoms with Crippen LogP contribution in [-0.2, 0) is 0 Å². The van der Waals surface area contributed by atoms with Crippen LogP contribution in [0.1, 0.15) is 0 Å². The van der Waals surface area contributed by atoms with E-state index >= 15 is 0 Å². The zero-order chi connectivity index (χ0) is 17.8. The minimum Gasteiger partial charge on any atom is -0.311 e. The van der Waals surface area contributed by atoms with Gasteiger partial charge in [0.05, 0.1) is 0 Å². The van der Waals surface area contributed by atoms with E-state index in [1.54, 1.807) is 0 Å². The maximum atomic E-state index is 2.28. The Kier molecular flexibility index (Phi) is 4.67. The highest BCUT2D eigenvalue weighted by atomic mass is 28.1. The van der Waals surface area contributed by atoms with Crippen LogP contribution in [0, 0.1) is 0 Å². The first kappa shape index (κ1) is 16.4. The first-order valence-corrected chi connectivity index (χ1v) is 9.88. The molecule has 0 bridgehead atoms. The summed E-state index contributed by atoms with van der Waals surface area (Å²) in [5.41, 5.74) is 5.99. The highest BCUT2D eigenvalue weighted by molar-refractivity contribution is 6.32. The lowest BCUT2D eigenvalue weighted by molar-refractivity contribution is 1.28. The van der Waals surface area contributed by atoms with Crippen molar-refractivity contribution >= 4 is 32.5 Å². The van der Waals surface area contributed by atoms with Crippen LogP contribution in [0.25, 0.3) is 11.1 Å². The Balaban J connectivity index is 1.73. The summed E-state index contributed by atoms with van der Waals surface area (Å²) in [5, 5.41) is 1.42. The number of nitrogens with zero attached hydrogens (tertiary/aromatic N) is 1. The first-order chi connectivity index (χ1) is 12.8. The molecule has 0 saturated carbocycles. The second-order valence-electron chi connectivity index (χ2n) is 6.42. The molecule has 0 spiro atoms. The van der Waals surface area contributed by atoms with Crippen molar-refractivity contribution in [2.45, 2.75) is 0 Å². The van der Waals surface area contributed by atoms with Gasteiger partial charge in [-0.1, -0.05) is 78.0 Å². The van der Waals surface area contributed by atoms with Gasteiger partial charge >= 0.3 is 0 Å². The van der Waals surface area contributed by atoms with Crippen molar-refractivity contribution in [3.63, 3.8) is 0 Å². The summed E-state index contributed by atoms with van der Waals surface area (Å²) in [6, 6.07) is 38.7. The van der Waals surface area contributed by atoms with Gasteiger partial charge in [0.1, 0.15) is 0 Å². The van der Waals surface area contributed by atoms with E-state index in [-0.39, 0.29) is 0 Å². The van der Waals surface area contributed by atoms with Gasteiger partial charge < -0.3 is 4.90 Å². The van der Waals surface area contributed by atoms with Gasteiger partial charge in [-0.15, -0.1) is 0 Å². The lowest BCUT2D eigenvalue weighted by Crippen LogP contribution is -2.09. The van der Waals surface area contributed by atoms with Crippen LogP contribution in [0.5, 0.6) is 0 Å². The molecule has 0 aliphatic rings. The van der Waals surface area contributed by atoms with E-state index in [9.17, 15) is 0 Å². The fourth-order valence-corrected chi connectivity index (χ4v) is 3.48. The van der Waals surface area contributed by atoms with E-state index in [4.69, 9.17) is 0 Å². The molecule has 0 amide bonds. The highest BCUT2D eigenvalue weighted by Crippen LogP contribution is 2.35. The number of rotatable bonds is 4. The summed E-state index contributed by atoms with van der Waals surface area (Å²) in [4.78, 5) is 2.28. The normalized spacial score (nSPS) is 10.6. The quantitative estimate of drug-likeness (QED) is 0.477. The maximum Gasteiger partial charge on any atom is 0.0462 e. The van der Waals surface area contributed by atoms with Gasteiger partial charge in [-0.25, -0.2) is 0 Å². The van der Waals surface area contributed by atoms with Crippen molar-refractivity contribution in [2.75, 3.05) is 4.90 Å². The summed E-state index contributed by atoms with van der Waals surface area (Å²) >= 11 is 0. The largest absolute Gasteiger partial charge is 0.311 e. The maximum absolute atomic E-state index is 2.28. The van der Waals surface area contributed by atoms with E-state index in [1.807, 2.05) is 0 Å². The second kappa shape index (κ2) is 7.42. The van der Waals surface area contributed by atoms with E-state index in [0.717, 1.165) is 27.3 Å². The molecule has 0 saturated heterocycles. The lowest BCUT2D eigenvalue weighted by Gasteiger charge is -2.25. The molecule has 0 aliphatic carbocycles. The first-order valence-electron chi connectivity index (χ1n) is 8.88. The summed E-state index contributed by atoms with van der Waals surface area (Å²) in [5.74, 6) is 0. The van der Waals surface area contributed by atoms with Gasteiger partial charge in [0.25, 0.3) is 0 Å². The highest BCUT2D eigenvalue weighted by Gasteiger charge is 2.11. The minimum atomic E-state index is 1.09. The monoisotopic (exact) mass is 351 g/mol. The van der Waals surface area contributed by atoms with Gasteiger partial charge in [0.2, 0.25) is 0 Å². The van der Waals surface area contributed by atoms with Crippen molar-refractivity contribution in [2.24, 2.45) is 0 Å². The van der Waals surface area contributed by atoms with Gasteiger partial charge in [0.15, 0.2) is 0 Å². The fourth-order valence-electron chi connectivity index (χ4n) is 3.15. The topological polar surface area (TPSA) is 3.24 Å². The molecule has 0 aliphatic heterocycles. The van der Waals surface area contributed by atoms with Crippen LogP contribution in [-0.4, -0.2) is 10.2 Å². The Labute approximate surface area is 158 Å². The molecule has 4 aromatic carbocycles. The summed E-state index contributed by atoms with van der Waals surface area (Å²) in [6.45, 7) is 0. The van der Waals surface area contributed by atoms with E-state index in [1.165, 1.54) is 16.3 Å². The second-order valence-corrected chi connectivity index (χ2v) is 7.57. The molecule has 0 unspecified atom stereocenters. The number of benzene rings is 4. The standard InChI is InChI=1S/C24H21NSi/c26-24-17-13-20(14-18-24)19-11-15-23(16-12-19)25(21-7-3-1-4-8-21)22-9-5-2-6-10-22/h1-18H,26H3. The molecule has 4 rings (SSSR count). The smallest absolute Gasteiger partial charge is 0.0462 e. The van der Waals surface area contributed by atoms with Crippen molar-refractivity contribution < 1.29 is 0 Å². The summed E-state index contributed by atoms with van der Waals surface area (Å²) < 4.78 is 0. The van der Waals surface area contributed by atoms with Crippen LogP contribution < -0.4 is 10.1 Å². The number of hydrogen-bond acceptors (Lipinski definition) is 1. The minimum absolute atomic E-state index is 1.09. The van der Waals surface area contributed by atoms with E-state index in [0.29, 0.717) is 0 Å². The number of hydrogen-bond donors (Lipinski definition) is 0. The van der Waals surface area contributed by atoms with Gasteiger partial charge in [-0.05, 0) is 47.5 Å². The molecule has 2 heteroatoms. The van der Waals surface area contributed by atoms with Gasteiger partial charge in [0, 0.05) is 27.3 Å². The molecule has 1 nitrogen and oxygen atoms in total. The molecular weight excluding hydrogens is 330 g/mol. The number of para-hydroxylation sites is 2. The SMILES string of the molecule is [SiH3]c1ccc(-c2ccc(N(c3ccccc3)c3ccccc3)cc2)cc1. The fraction of sp³-hybridized carbons (Fsp3) is 0. The van der Waals surface area contributed by atoms with Gasteiger partial charge in [-0.2, -0.15) is 0 Å². The third-order valence-electron chi connectivity index (χ3n) is 4.54. The van der Waals surface area contributed by atoms with Crippen molar-refractivity contribution in [1.29, 1.82) is 0 Å². The average Bonchev–Trinajstić information content (AvgIpc) is 2.71. The van der Waals surface area contributed by atoms with E-state index in [2.05, 4.69) is 114 Å². The van der Waals surface area contributed by atoms with Gasteiger partial charge in [-0.3, -0.25) is 0 Å². The Bertz CT molecular complexity index is 923. The van der Waals surface area contributed by atoms with Crippen molar-refractivity contribution in [3.8, 4) is 11.1 Å². The zero-order valence-corrected chi connectivity index (χ0v) is 16.8. The Morgan fingerprint density at radius 3 is 1.27 bits per heavy atom. The molecule has 0 fully saturated rings. The molecule has 0 aromatic heterocycles. The molecule has 4 aromatic rings. The number of anilines is 3. The third kappa shape index (κ3) is 3.46. The lowest BCUT2D eigenvalue weighted by atomic mass is 10.0. The van der Waals surface area contributed by atoms with Crippen LogP contribution >= 0.6 is 0 Å². The molecule has 126 valence electrons. The third-order valence-corrected chi connectivity index (χ3v) is 5.21. The van der Waals surface area contributed by atoms with Crippen molar-refractivity contribution in [1.82, 2.24) is 0 Å². The molecule has 26 heavy (non-hydrogen) atoms.